The van der Waals surface area contributed by atoms with Gasteiger partial charge in [-0.3, -0.25) is 0 Å². The molecule has 0 aromatic rings. The molecule has 0 unspecified atom stereocenters. The lowest BCUT2D eigenvalue weighted by Crippen LogP contribution is -2.40. The summed E-state index contributed by atoms with van der Waals surface area (Å²) in [7, 11) is 0. The molecule has 1 spiro atoms. The third-order valence-electron chi connectivity index (χ3n) is 3.61. The third-order valence-corrected chi connectivity index (χ3v) is 3.61. The molecule has 2 rings (SSSR count). The quantitative estimate of drug-likeness (QED) is 0.526. The van der Waals surface area contributed by atoms with E-state index in [1.165, 1.54) is 0 Å². The molecule has 0 nitrogen and oxygen atoms in total. The first-order valence-electron chi connectivity index (χ1n) is 4.75. The molecule has 0 aromatic heterocycles. The smallest absolute Gasteiger partial charge is 0.206 e. The highest BCUT2D eigenvalue weighted by Crippen LogP contribution is 2.66. The van der Waals surface area contributed by atoms with E-state index in [9.17, 15) is 8.78 Å². The fourth-order valence-electron chi connectivity index (χ4n) is 2.40. The van der Waals surface area contributed by atoms with Crippen LogP contribution in [0.2, 0.25) is 0 Å². The Bertz CT molecular complexity index is 202. The van der Waals surface area contributed by atoms with Gasteiger partial charge >= 0.3 is 0 Å². The second-order valence-corrected chi connectivity index (χ2v) is 5.33. The van der Waals surface area contributed by atoms with Gasteiger partial charge in [0.25, 0.3) is 5.92 Å². The predicted octanol–water partition coefficient (Wildman–Crippen LogP) is 3.61. The molecule has 0 N–H and O–H groups in total. The molecule has 2 saturated carbocycles. The molecule has 0 amide bonds. The Hall–Kier alpha value is -0.140. The van der Waals surface area contributed by atoms with Crippen LogP contribution in [-0.4, -0.2) is 5.92 Å². The Balaban J connectivity index is 2.18. The normalized spacial score (nSPS) is 35.0. The zero-order chi connectivity index (χ0) is 9.04. The van der Waals surface area contributed by atoms with Crippen molar-refractivity contribution >= 4 is 0 Å². The van der Waals surface area contributed by atoms with Gasteiger partial charge in [0.1, 0.15) is 0 Å². The molecule has 12 heavy (non-hydrogen) atoms. The maximum atomic E-state index is 13.5. The van der Waals surface area contributed by atoms with Gasteiger partial charge in [-0.1, -0.05) is 13.8 Å². The summed E-state index contributed by atoms with van der Waals surface area (Å²) >= 11 is 0. The summed E-state index contributed by atoms with van der Waals surface area (Å²) in [5.41, 5.74) is -0.695. The van der Waals surface area contributed by atoms with Crippen LogP contribution in [0.3, 0.4) is 0 Å². The summed E-state index contributed by atoms with van der Waals surface area (Å²) in [5.74, 6) is -2.38. The first-order valence-corrected chi connectivity index (χ1v) is 4.75. The summed E-state index contributed by atoms with van der Waals surface area (Å²) in [5, 5.41) is 0. The Morgan fingerprint density at radius 2 is 1.42 bits per heavy atom. The van der Waals surface area contributed by atoms with Crippen LogP contribution < -0.4 is 0 Å². The molecule has 0 bridgehead atoms. The Kier molecular flexibility index (Phi) is 1.42. The number of hydrogen-bond acceptors (Lipinski definition) is 0. The lowest BCUT2D eigenvalue weighted by molar-refractivity contribution is -0.133. The molecule has 0 heterocycles. The van der Waals surface area contributed by atoms with Crippen LogP contribution in [0.4, 0.5) is 8.78 Å². The van der Waals surface area contributed by atoms with Crippen molar-refractivity contribution in [2.45, 2.75) is 51.9 Å². The zero-order valence-corrected chi connectivity index (χ0v) is 7.79. The van der Waals surface area contributed by atoms with Crippen molar-refractivity contribution in [3.63, 3.8) is 0 Å². The van der Waals surface area contributed by atoms with Gasteiger partial charge in [-0.15, -0.1) is 0 Å². The molecule has 0 aliphatic heterocycles. The predicted molar refractivity (Wildman–Crippen MR) is 44.2 cm³/mol. The molecule has 2 aliphatic carbocycles. The lowest BCUT2D eigenvalue weighted by Gasteiger charge is -2.41. The average molecular weight is 174 g/mol. The highest BCUT2D eigenvalue weighted by molar-refractivity contribution is 5.08. The van der Waals surface area contributed by atoms with Crippen LogP contribution in [0.5, 0.6) is 0 Å². The number of alkyl halides is 2. The maximum Gasteiger partial charge on any atom is 0.254 e. The summed E-state index contributed by atoms with van der Waals surface area (Å²) in [6.07, 6.45) is 3.34. The van der Waals surface area contributed by atoms with Crippen LogP contribution in [0.1, 0.15) is 46.0 Å². The van der Waals surface area contributed by atoms with Crippen molar-refractivity contribution in [3.05, 3.63) is 0 Å². The van der Waals surface area contributed by atoms with Gasteiger partial charge in [0.2, 0.25) is 0 Å². The summed E-state index contributed by atoms with van der Waals surface area (Å²) in [6.45, 7) is 3.91. The molecule has 0 aromatic carbocycles. The molecule has 0 atom stereocenters. The van der Waals surface area contributed by atoms with E-state index < -0.39 is 11.3 Å². The van der Waals surface area contributed by atoms with Crippen LogP contribution in [-0.2, 0) is 0 Å². The van der Waals surface area contributed by atoms with Crippen molar-refractivity contribution in [1.29, 1.82) is 0 Å². The van der Waals surface area contributed by atoms with Gasteiger partial charge in [-0.05, 0) is 31.1 Å². The van der Waals surface area contributed by atoms with E-state index in [0.717, 1.165) is 25.7 Å². The Morgan fingerprint density at radius 1 is 0.917 bits per heavy atom. The summed E-state index contributed by atoms with van der Waals surface area (Å²) in [4.78, 5) is 0. The number of rotatable bonds is 0. The first kappa shape index (κ1) is 8.46. The van der Waals surface area contributed by atoms with Crippen LogP contribution in [0.25, 0.3) is 0 Å². The van der Waals surface area contributed by atoms with Crippen LogP contribution >= 0.6 is 0 Å². The highest BCUT2D eigenvalue weighted by atomic mass is 19.3. The minimum absolute atomic E-state index is 0.0972. The van der Waals surface area contributed by atoms with E-state index in [0.29, 0.717) is 0 Å². The largest absolute Gasteiger partial charge is 0.254 e. The topological polar surface area (TPSA) is 0 Å². The molecular weight excluding hydrogens is 158 g/mol. The lowest BCUT2D eigenvalue weighted by atomic mass is 9.69. The van der Waals surface area contributed by atoms with Crippen molar-refractivity contribution in [2.75, 3.05) is 0 Å². The van der Waals surface area contributed by atoms with E-state index in [4.69, 9.17) is 0 Å². The fraction of sp³-hybridized carbons (Fsp3) is 1.00. The molecule has 2 aliphatic rings. The van der Waals surface area contributed by atoms with E-state index >= 15 is 0 Å². The molecule has 70 valence electrons. The van der Waals surface area contributed by atoms with Crippen molar-refractivity contribution in [2.24, 2.45) is 10.8 Å². The van der Waals surface area contributed by atoms with Gasteiger partial charge in [0.15, 0.2) is 0 Å². The second kappa shape index (κ2) is 2.02. The van der Waals surface area contributed by atoms with Crippen LogP contribution in [0.15, 0.2) is 0 Å². The maximum absolute atomic E-state index is 13.5. The fourth-order valence-corrected chi connectivity index (χ4v) is 2.40. The van der Waals surface area contributed by atoms with Gasteiger partial charge in [0, 0.05) is 11.8 Å². The molecular formula is C10H16F2. The second-order valence-electron chi connectivity index (χ2n) is 5.33. The molecule has 2 fully saturated rings. The minimum atomic E-state index is -2.38. The third kappa shape index (κ3) is 1.07. The molecule has 0 radical (unpaired) electrons. The number of halogens is 2. The standard InChI is InChI=1S/C10H16F2/c1-8(2)3-4-9(5-6-9)10(11,12)7-8/h3-7H2,1-2H3. The van der Waals surface area contributed by atoms with Crippen LogP contribution in [0, 0.1) is 10.8 Å². The zero-order valence-electron chi connectivity index (χ0n) is 7.79. The molecule has 2 heteroatoms. The van der Waals surface area contributed by atoms with Crippen molar-refractivity contribution in [3.8, 4) is 0 Å². The van der Waals surface area contributed by atoms with Crippen molar-refractivity contribution in [1.82, 2.24) is 0 Å². The highest BCUT2D eigenvalue weighted by Gasteiger charge is 2.64. The van der Waals surface area contributed by atoms with Gasteiger partial charge < -0.3 is 0 Å². The van der Waals surface area contributed by atoms with E-state index in [2.05, 4.69) is 0 Å². The Labute approximate surface area is 72.3 Å². The number of hydrogen-bond donors (Lipinski definition) is 0. The van der Waals surface area contributed by atoms with Gasteiger partial charge in [-0.25, -0.2) is 8.78 Å². The SMILES string of the molecule is CC1(C)CCC2(CC2)C(F)(F)C1. The first-order chi connectivity index (χ1) is 5.37. The van der Waals surface area contributed by atoms with E-state index in [1.54, 1.807) is 0 Å². The van der Waals surface area contributed by atoms with E-state index in [1.807, 2.05) is 13.8 Å². The monoisotopic (exact) mass is 174 g/mol. The van der Waals surface area contributed by atoms with Gasteiger partial charge in [0.05, 0.1) is 0 Å². The summed E-state index contributed by atoms with van der Waals surface area (Å²) < 4.78 is 27.1. The van der Waals surface area contributed by atoms with Crippen molar-refractivity contribution < 1.29 is 8.78 Å². The van der Waals surface area contributed by atoms with E-state index in [-0.39, 0.29) is 11.8 Å². The Morgan fingerprint density at radius 3 is 1.83 bits per heavy atom. The minimum Gasteiger partial charge on any atom is -0.206 e. The van der Waals surface area contributed by atoms with Gasteiger partial charge in [-0.2, -0.15) is 0 Å². The molecule has 0 saturated heterocycles. The average Bonchev–Trinajstić information content (AvgIpc) is 2.58. The summed E-state index contributed by atoms with van der Waals surface area (Å²) in [6, 6.07) is 0.